The predicted molar refractivity (Wildman–Crippen MR) is 143 cm³/mol. The second-order valence-corrected chi connectivity index (χ2v) is 11.3. The van der Waals surface area contributed by atoms with Crippen molar-refractivity contribution in [3.05, 3.63) is 88.7 Å². The van der Waals surface area contributed by atoms with Crippen molar-refractivity contribution in [1.82, 2.24) is 8.87 Å². The third kappa shape index (κ3) is 5.59. The van der Waals surface area contributed by atoms with Gasteiger partial charge in [0.15, 0.2) is 4.80 Å². The number of ether oxygens (including phenoxy) is 1. The van der Waals surface area contributed by atoms with Crippen LogP contribution < -0.4 is 9.54 Å². The first-order chi connectivity index (χ1) is 17.3. The summed E-state index contributed by atoms with van der Waals surface area (Å²) in [5, 5.41) is 0. The Morgan fingerprint density at radius 3 is 2.42 bits per heavy atom. The highest BCUT2D eigenvalue weighted by Gasteiger charge is 2.21. The highest BCUT2D eigenvalue weighted by molar-refractivity contribution is 7.89. The largest absolute Gasteiger partial charge is 0.494 e. The molecule has 0 bridgehead atoms. The fourth-order valence-corrected chi connectivity index (χ4v) is 6.10. The van der Waals surface area contributed by atoms with Gasteiger partial charge in [0, 0.05) is 25.7 Å². The van der Waals surface area contributed by atoms with Crippen LogP contribution in [0, 0.1) is 0 Å². The van der Waals surface area contributed by atoms with Crippen LogP contribution >= 0.6 is 11.3 Å². The summed E-state index contributed by atoms with van der Waals surface area (Å²) in [6.07, 6.45) is 0.892. The lowest BCUT2D eigenvalue weighted by atomic mass is 10.2. The van der Waals surface area contributed by atoms with Crippen LogP contribution in [-0.2, 0) is 23.1 Å². The first-order valence-corrected chi connectivity index (χ1v) is 14.0. The van der Waals surface area contributed by atoms with Gasteiger partial charge in [-0.2, -0.15) is 9.30 Å². The molecule has 0 radical (unpaired) electrons. The van der Waals surface area contributed by atoms with Crippen molar-refractivity contribution in [2.24, 2.45) is 4.99 Å². The summed E-state index contributed by atoms with van der Waals surface area (Å²) in [5.41, 5.74) is 2.22. The number of carbonyl (C=O) groups excluding carboxylic acids is 1. The Balaban J connectivity index is 1.60. The molecule has 0 N–H and O–H groups in total. The summed E-state index contributed by atoms with van der Waals surface area (Å²) in [6.45, 7) is 5.58. The van der Waals surface area contributed by atoms with E-state index in [-0.39, 0.29) is 11.4 Å². The predicted octanol–water partition coefficient (Wildman–Crippen LogP) is 5.07. The van der Waals surface area contributed by atoms with Crippen molar-refractivity contribution >= 4 is 37.5 Å². The average Bonchev–Trinajstić information content (AvgIpc) is 3.21. The van der Waals surface area contributed by atoms with Crippen LogP contribution in [-0.4, -0.2) is 36.9 Å². The van der Waals surface area contributed by atoms with E-state index in [0.717, 1.165) is 34.5 Å². The number of fused-ring (bicyclic) bond motifs is 1. The van der Waals surface area contributed by atoms with E-state index in [1.807, 2.05) is 60.0 Å². The molecule has 0 saturated heterocycles. The second kappa shape index (κ2) is 11.2. The van der Waals surface area contributed by atoms with Gasteiger partial charge in [-0.25, -0.2) is 8.42 Å². The molecular weight excluding hydrogens is 494 g/mol. The van der Waals surface area contributed by atoms with Gasteiger partial charge in [-0.05, 0) is 61.4 Å². The average molecular weight is 524 g/mol. The van der Waals surface area contributed by atoms with Gasteiger partial charge < -0.3 is 9.30 Å². The first-order valence-electron chi connectivity index (χ1n) is 11.8. The van der Waals surface area contributed by atoms with Crippen molar-refractivity contribution in [2.75, 3.05) is 13.7 Å². The van der Waals surface area contributed by atoms with Crippen LogP contribution in [0.5, 0.6) is 5.75 Å². The molecule has 4 aromatic rings. The Bertz CT molecular complexity index is 1520. The normalized spacial score (nSPS) is 12.4. The van der Waals surface area contributed by atoms with Crippen LogP contribution in [0.25, 0.3) is 10.2 Å². The summed E-state index contributed by atoms with van der Waals surface area (Å²) >= 11 is 1.43. The van der Waals surface area contributed by atoms with Gasteiger partial charge in [0.25, 0.3) is 5.91 Å². The van der Waals surface area contributed by atoms with Crippen molar-refractivity contribution in [2.45, 2.75) is 38.3 Å². The fraction of sp³-hybridized carbons (Fsp3) is 0.259. The maximum atomic E-state index is 13.0. The lowest BCUT2D eigenvalue weighted by Gasteiger charge is -2.17. The zero-order valence-corrected chi connectivity index (χ0v) is 22.2. The van der Waals surface area contributed by atoms with Crippen molar-refractivity contribution in [1.29, 1.82) is 0 Å². The van der Waals surface area contributed by atoms with E-state index in [4.69, 9.17) is 4.74 Å². The molecule has 7 nitrogen and oxygen atoms in total. The second-order valence-electron chi connectivity index (χ2n) is 8.29. The van der Waals surface area contributed by atoms with Gasteiger partial charge in [-0.3, -0.25) is 4.79 Å². The topological polar surface area (TPSA) is 81.0 Å². The number of aromatic nitrogens is 1. The molecule has 0 spiro atoms. The van der Waals surface area contributed by atoms with Crippen molar-refractivity contribution < 1.29 is 17.9 Å². The summed E-state index contributed by atoms with van der Waals surface area (Å²) in [7, 11) is -2.16. The molecule has 36 heavy (non-hydrogen) atoms. The Kier molecular flexibility index (Phi) is 8.03. The number of rotatable bonds is 9. The number of amides is 1. The highest BCUT2D eigenvalue weighted by atomic mass is 32.2. The molecule has 0 atom stereocenters. The maximum Gasteiger partial charge on any atom is 0.279 e. The zero-order chi connectivity index (χ0) is 25.7. The molecule has 0 aliphatic carbocycles. The fourth-order valence-electron chi connectivity index (χ4n) is 3.86. The van der Waals surface area contributed by atoms with Crippen LogP contribution in [0.4, 0.5) is 0 Å². The van der Waals surface area contributed by atoms with E-state index in [0.29, 0.717) is 17.0 Å². The highest BCUT2D eigenvalue weighted by Crippen LogP contribution is 2.24. The SMILES string of the molecule is CCCn1c(=NC(=O)c2ccc(S(=O)(=O)N(C)Cc3ccccc3)cc2)sc2cc(OCC)ccc21. The van der Waals surface area contributed by atoms with Crippen molar-refractivity contribution in [3.8, 4) is 5.75 Å². The molecule has 1 heterocycles. The molecule has 188 valence electrons. The first kappa shape index (κ1) is 25.8. The van der Waals surface area contributed by atoms with Gasteiger partial charge in [-0.1, -0.05) is 48.6 Å². The zero-order valence-electron chi connectivity index (χ0n) is 20.5. The van der Waals surface area contributed by atoms with E-state index in [2.05, 4.69) is 11.9 Å². The lowest BCUT2D eigenvalue weighted by Crippen LogP contribution is -2.26. The smallest absolute Gasteiger partial charge is 0.279 e. The molecule has 0 aliphatic heterocycles. The molecule has 0 saturated carbocycles. The molecule has 4 rings (SSSR count). The Labute approximate surface area is 215 Å². The number of aryl methyl sites for hydroxylation is 1. The summed E-state index contributed by atoms with van der Waals surface area (Å²) in [5.74, 6) is 0.361. The summed E-state index contributed by atoms with van der Waals surface area (Å²) in [6, 6.07) is 21.2. The minimum atomic E-state index is -3.70. The van der Waals surface area contributed by atoms with Gasteiger partial charge >= 0.3 is 0 Å². The minimum absolute atomic E-state index is 0.129. The molecule has 1 aromatic heterocycles. The van der Waals surface area contributed by atoms with Gasteiger partial charge in [0.05, 0.1) is 21.7 Å². The van der Waals surface area contributed by atoms with Crippen molar-refractivity contribution in [3.63, 3.8) is 0 Å². The molecule has 9 heteroatoms. The molecule has 0 fully saturated rings. The Hall–Kier alpha value is -3.27. The van der Waals surface area contributed by atoms with E-state index in [1.54, 1.807) is 7.05 Å². The maximum absolute atomic E-state index is 13.0. The van der Waals surface area contributed by atoms with Gasteiger partial charge in [-0.15, -0.1) is 0 Å². The van der Waals surface area contributed by atoms with E-state index >= 15 is 0 Å². The number of thiazole rings is 1. The minimum Gasteiger partial charge on any atom is -0.494 e. The van der Waals surface area contributed by atoms with Crippen LogP contribution in [0.2, 0.25) is 0 Å². The van der Waals surface area contributed by atoms with Crippen LogP contribution in [0.1, 0.15) is 36.2 Å². The van der Waals surface area contributed by atoms with Gasteiger partial charge in [0.1, 0.15) is 5.75 Å². The number of sulfonamides is 1. The molecule has 1 amide bonds. The summed E-state index contributed by atoms with van der Waals surface area (Å²) in [4.78, 5) is 18.1. The van der Waals surface area contributed by atoms with E-state index in [1.165, 1.54) is 39.9 Å². The monoisotopic (exact) mass is 523 g/mol. The molecule has 0 aliphatic rings. The molecule has 0 unspecified atom stereocenters. The van der Waals surface area contributed by atoms with Crippen LogP contribution in [0.15, 0.2) is 82.7 Å². The Morgan fingerprint density at radius 1 is 1.03 bits per heavy atom. The van der Waals surface area contributed by atoms with E-state index < -0.39 is 15.9 Å². The number of nitrogens with zero attached hydrogens (tertiary/aromatic N) is 3. The third-order valence-electron chi connectivity index (χ3n) is 5.67. The lowest BCUT2D eigenvalue weighted by molar-refractivity contribution is 0.0997. The van der Waals surface area contributed by atoms with Crippen LogP contribution in [0.3, 0.4) is 0 Å². The molecular formula is C27H29N3O4S2. The van der Waals surface area contributed by atoms with E-state index in [9.17, 15) is 13.2 Å². The van der Waals surface area contributed by atoms with Gasteiger partial charge in [0.2, 0.25) is 10.0 Å². The standard InChI is InChI=1S/C27H29N3O4S2/c1-4-17-30-24-16-13-22(34-5-2)18-25(24)35-27(30)28-26(31)21-11-14-23(15-12-21)36(32,33)29(3)19-20-9-7-6-8-10-20/h6-16,18H,4-5,17,19H2,1-3H3. The summed E-state index contributed by atoms with van der Waals surface area (Å²) < 4.78 is 35.9. The molecule has 3 aromatic carbocycles. The number of carbonyl (C=O) groups is 1. The number of benzene rings is 3. The number of hydrogen-bond acceptors (Lipinski definition) is 5. The number of hydrogen-bond donors (Lipinski definition) is 0. The quantitative estimate of drug-likeness (QED) is 0.307. The Morgan fingerprint density at radius 2 is 1.75 bits per heavy atom. The third-order valence-corrected chi connectivity index (χ3v) is 8.53.